The van der Waals surface area contributed by atoms with E-state index in [1.807, 2.05) is 6.92 Å². The number of aliphatic hydroxyl groups excluding tert-OH is 1. The Morgan fingerprint density at radius 1 is 1.59 bits per heavy atom. The van der Waals surface area contributed by atoms with Crippen molar-refractivity contribution >= 4 is 5.91 Å². The van der Waals surface area contributed by atoms with Crippen LogP contribution in [0.3, 0.4) is 0 Å². The van der Waals surface area contributed by atoms with E-state index in [4.69, 9.17) is 15.6 Å². The molecule has 0 saturated heterocycles. The standard InChI is InChI=1S/C12H24N2O3/c1-12(5-3-4-10(12)13)11(16)14(2)6-8-17-9-7-15/h10,15H,3-9,13H2,1-2H3. The third-order valence-electron chi connectivity index (χ3n) is 3.67. The highest BCUT2D eigenvalue weighted by molar-refractivity contribution is 5.83. The smallest absolute Gasteiger partial charge is 0.229 e. The monoisotopic (exact) mass is 244 g/mol. The zero-order valence-corrected chi connectivity index (χ0v) is 10.8. The van der Waals surface area contributed by atoms with Gasteiger partial charge in [-0.25, -0.2) is 0 Å². The molecule has 5 nitrogen and oxygen atoms in total. The molecular weight excluding hydrogens is 220 g/mol. The molecule has 1 saturated carbocycles. The molecule has 1 aliphatic carbocycles. The van der Waals surface area contributed by atoms with E-state index in [-0.39, 0.29) is 18.6 Å². The van der Waals surface area contributed by atoms with Crippen LogP contribution in [0.25, 0.3) is 0 Å². The van der Waals surface area contributed by atoms with Crippen molar-refractivity contribution in [3.8, 4) is 0 Å². The van der Waals surface area contributed by atoms with Gasteiger partial charge in [0.05, 0.1) is 25.2 Å². The molecule has 2 atom stereocenters. The number of carbonyl (C=O) groups excluding carboxylic acids is 1. The lowest BCUT2D eigenvalue weighted by Gasteiger charge is -2.32. The van der Waals surface area contributed by atoms with E-state index in [1.165, 1.54) is 0 Å². The molecule has 0 aromatic rings. The average molecular weight is 244 g/mol. The van der Waals surface area contributed by atoms with Gasteiger partial charge in [0.15, 0.2) is 0 Å². The van der Waals surface area contributed by atoms with Crippen LogP contribution in [0, 0.1) is 5.41 Å². The van der Waals surface area contributed by atoms with Gasteiger partial charge in [0.25, 0.3) is 0 Å². The minimum absolute atomic E-state index is 0.0141. The van der Waals surface area contributed by atoms with E-state index in [0.717, 1.165) is 19.3 Å². The quantitative estimate of drug-likeness (QED) is 0.643. The number of nitrogens with two attached hydrogens (primary N) is 1. The summed E-state index contributed by atoms with van der Waals surface area (Å²) >= 11 is 0. The van der Waals surface area contributed by atoms with E-state index in [2.05, 4.69) is 0 Å². The first-order valence-corrected chi connectivity index (χ1v) is 6.22. The predicted molar refractivity (Wildman–Crippen MR) is 65.5 cm³/mol. The highest BCUT2D eigenvalue weighted by atomic mass is 16.5. The highest BCUT2D eigenvalue weighted by Gasteiger charge is 2.44. The minimum Gasteiger partial charge on any atom is -0.394 e. The van der Waals surface area contributed by atoms with Crippen LogP contribution in [0.5, 0.6) is 0 Å². The lowest BCUT2D eigenvalue weighted by molar-refractivity contribution is -0.141. The Morgan fingerprint density at radius 2 is 2.29 bits per heavy atom. The second-order valence-corrected chi connectivity index (χ2v) is 4.98. The molecule has 100 valence electrons. The highest BCUT2D eigenvalue weighted by Crippen LogP contribution is 2.38. The molecule has 1 aliphatic rings. The van der Waals surface area contributed by atoms with Crippen LogP contribution in [0.4, 0.5) is 0 Å². The fourth-order valence-electron chi connectivity index (χ4n) is 2.36. The number of likely N-dealkylation sites (N-methyl/N-ethyl adjacent to an activating group) is 1. The minimum atomic E-state index is -0.411. The van der Waals surface area contributed by atoms with Gasteiger partial charge in [-0.15, -0.1) is 0 Å². The normalized spacial score (nSPS) is 28.4. The molecule has 0 radical (unpaired) electrons. The predicted octanol–water partition coefficient (Wildman–Crippen LogP) is -0.0288. The fraction of sp³-hybridized carbons (Fsp3) is 0.917. The largest absolute Gasteiger partial charge is 0.394 e. The van der Waals surface area contributed by atoms with Gasteiger partial charge >= 0.3 is 0 Å². The van der Waals surface area contributed by atoms with Gasteiger partial charge in [0, 0.05) is 19.6 Å². The molecule has 1 rings (SSSR count). The third-order valence-corrected chi connectivity index (χ3v) is 3.67. The van der Waals surface area contributed by atoms with E-state index >= 15 is 0 Å². The lowest BCUT2D eigenvalue weighted by Crippen LogP contribution is -2.48. The summed E-state index contributed by atoms with van der Waals surface area (Å²) in [4.78, 5) is 14.0. The first kappa shape index (κ1) is 14.4. The molecule has 0 aromatic heterocycles. The molecular formula is C12H24N2O3. The first-order chi connectivity index (χ1) is 8.02. The zero-order valence-electron chi connectivity index (χ0n) is 10.8. The number of amides is 1. The molecule has 1 fully saturated rings. The molecule has 0 bridgehead atoms. The Hall–Kier alpha value is -0.650. The van der Waals surface area contributed by atoms with Crippen LogP contribution < -0.4 is 5.73 Å². The molecule has 3 N–H and O–H groups in total. The van der Waals surface area contributed by atoms with Gasteiger partial charge < -0.3 is 20.5 Å². The van der Waals surface area contributed by atoms with E-state index in [9.17, 15) is 4.79 Å². The van der Waals surface area contributed by atoms with Gasteiger partial charge in [-0.2, -0.15) is 0 Å². The maximum Gasteiger partial charge on any atom is 0.229 e. The Labute approximate surface area is 103 Å². The summed E-state index contributed by atoms with van der Waals surface area (Å²) in [5.74, 6) is 0.107. The van der Waals surface area contributed by atoms with Gasteiger partial charge in [0.1, 0.15) is 0 Å². The van der Waals surface area contributed by atoms with Crippen LogP contribution in [-0.2, 0) is 9.53 Å². The topological polar surface area (TPSA) is 75.8 Å². The Kier molecular flexibility index (Phi) is 5.36. The number of ether oxygens (including phenoxy) is 1. The van der Waals surface area contributed by atoms with Crippen molar-refractivity contribution in [3.05, 3.63) is 0 Å². The van der Waals surface area contributed by atoms with Crippen molar-refractivity contribution in [2.75, 3.05) is 33.4 Å². The SMILES string of the molecule is CN(CCOCCO)C(=O)C1(C)CCCC1N. The summed E-state index contributed by atoms with van der Waals surface area (Å²) < 4.78 is 5.15. The van der Waals surface area contributed by atoms with Gasteiger partial charge in [0.2, 0.25) is 5.91 Å². The van der Waals surface area contributed by atoms with Gasteiger partial charge in [-0.3, -0.25) is 4.79 Å². The summed E-state index contributed by atoms with van der Waals surface area (Å²) in [6.45, 7) is 3.28. The Balaban J connectivity index is 2.40. The van der Waals surface area contributed by atoms with Gasteiger partial charge in [-0.05, 0) is 19.8 Å². The van der Waals surface area contributed by atoms with E-state index in [0.29, 0.717) is 19.8 Å². The number of rotatable bonds is 6. The van der Waals surface area contributed by atoms with Crippen molar-refractivity contribution in [1.29, 1.82) is 0 Å². The van der Waals surface area contributed by atoms with Crippen LogP contribution in [0.1, 0.15) is 26.2 Å². The number of hydrogen-bond acceptors (Lipinski definition) is 4. The first-order valence-electron chi connectivity index (χ1n) is 6.22. The van der Waals surface area contributed by atoms with E-state index in [1.54, 1.807) is 11.9 Å². The second kappa shape index (κ2) is 6.33. The van der Waals surface area contributed by atoms with Gasteiger partial charge in [-0.1, -0.05) is 6.42 Å². The average Bonchev–Trinajstić information content (AvgIpc) is 2.65. The summed E-state index contributed by atoms with van der Waals surface area (Å²) in [5, 5.41) is 8.57. The van der Waals surface area contributed by atoms with Crippen LogP contribution in [-0.4, -0.2) is 55.4 Å². The second-order valence-electron chi connectivity index (χ2n) is 4.98. The van der Waals surface area contributed by atoms with Crippen molar-refractivity contribution in [2.24, 2.45) is 11.1 Å². The zero-order chi connectivity index (χ0) is 12.9. The molecule has 0 heterocycles. The number of hydrogen-bond donors (Lipinski definition) is 2. The van der Waals surface area contributed by atoms with Crippen LogP contribution >= 0.6 is 0 Å². The lowest BCUT2D eigenvalue weighted by atomic mass is 9.83. The van der Waals surface area contributed by atoms with Crippen molar-refractivity contribution in [2.45, 2.75) is 32.2 Å². The van der Waals surface area contributed by atoms with Crippen LogP contribution in [0.2, 0.25) is 0 Å². The summed E-state index contributed by atoms with van der Waals surface area (Å²) in [6.07, 6.45) is 2.82. The molecule has 0 spiro atoms. The summed E-state index contributed by atoms with van der Waals surface area (Å²) in [6, 6.07) is -0.0317. The maximum absolute atomic E-state index is 12.3. The molecule has 1 amide bonds. The molecule has 0 aromatic carbocycles. The fourth-order valence-corrected chi connectivity index (χ4v) is 2.36. The molecule has 5 heteroatoms. The molecule has 0 aliphatic heterocycles. The number of carbonyl (C=O) groups is 1. The Bertz CT molecular complexity index is 260. The summed E-state index contributed by atoms with van der Waals surface area (Å²) in [7, 11) is 1.78. The Morgan fingerprint density at radius 3 is 2.82 bits per heavy atom. The van der Waals surface area contributed by atoms with E-state index < -0.39 is 5.41 Å². The molecule has 17 heavy (non-hydrogen) atoms. The maximum atomic E-state index is 12.3. The molecule has 2 unspecified atom stereocenters. The van der Waals surface area contributed by atoms with Crippen molar-refractivity contribution in [3.63, 3.8) is 0 Å². The van der Waals surface area contributed by atoms with Crippen molar-refractivity contribution in [1.82, 2.24) is 4.90 Å². The number of nitrogens with zero attached hydrogens (tertiary/aromatic N) is 1. The summed E-state index contributed by atoms with van der Waals surface area (Å²) in [5.41, 5.74) is 5.61. The number of aliphatic hydroxyl groups is 1. The van der Waals surface area contributed by atoms with Crippen molar-refractivity contribution < 1.29 is 14.6 Å². The van der Waals surface area contributed by atoms with Crippen LogP contribution in [0.15, 0.2) is 0 Å². The third kappa shape index (κ3) is 3.40.